The van der Waals surface area contributed by atoms with Gasteiger partial charge in [0.05, 0.1) is 13.2 Å². The standard InChI is InChI=1S/2C6H12.C5H12.C4H10O.C3H8O2/c2*1-2-4-6-5-3-1;1-5(2,3)4;1-3-4-5-2;1-5-3-2-4/h2*1-6H2;1-4H3;3-4H2,1-2H3;4H,2-3H2,1H3. The number of aliphatic hydroxyl groups excluding tert-OH is 1. The van der Waals surface area contributed by atoms with E-state index in [9.17, 15) is 0 Å². The van der Waals surface area contributed by atoms with Gasteiger partial charge >= 0.3 is 0 Å². The monoisotopic (exact) mass is 390 g/mol. The highest BCUT2D eigenvalue weighted by Crippen LogP contribution is 2.15. The van der Waals surface area contributed by atoms with Crippen LogP contribution in [0.3, 0.4) is 0 Å². The molecule has 0 saturated heterocycles. The van der Waals surface area contributed by atoms with Crippen LogP contribution in [-0.4, -0.2) is 39.1 Å². The van der Waals surface area contributed by atoms with Gasteiger partial charge in [0.25, 0.3) is 0 Å². The fourth-order valence-corrected chi connectivity index (χ4v) is 2.42. The summed E-state index contributed by atoms with van der Waals surface area (Å²) < 4.78 is 9.13. The molecule has 2 saturated carbocycles. The van der Waals surface area contributed by atoms with Gasteiger partial charge in [0.15, 0.2) is 0 Å². The first-order valence-corrected chi connectivity index (χ1v) is 11.4. The Morgan fingerprint density at radius 3 is 0.852 bits per heavy atom. The Morgan fingerprint density at radius 2 is 0.815 bits per heavy atom. The summed E-state index contributed by atoms with van der Waals surface area (Å²) in [6.07, 6.45) is 19.1. The highest BCUT2D eigenvalue weighted by molar-refractivity contribution is 4.51. The van der Waals surface area contributed by atoms with Gasteiger partial charge < -0.3 is 14.6 Å². The van der Waals surface area contributed by atoms with Crippen LogP contribution in [0.15, 0.2) is 0 Å². The number of hydrogen-bond donors (Lipinski definition) is 1. The van der Waals surface area contributed by atoms with Crippen LogP contribution in [-0.2, 0) is 9.47 Å². The molecule has 0 spiro atoms. The summed E-state index contributed by atoms with van der Waals surface area (Å²) in [5.41, 5.74) is 0.500. The Kier molecular flexibility index (Phi) is 32.8. The number of methoxy groups -OCH3 is 2. The summed E-state index contributed by atoms with van der Waals surface area (Å²) in [6.45, 7) is 12.3. The molecule has 2 aliphatic carbocycles. The van der Waals surface area contributed by atoms with Crippen LogP contribution >= 0.6 is 0 Å². The summed E-state index contributed by atoms with van der Waals surface area (Å²) in [6, 6.07) is 0. The molecule has 0 aromatic heterocycles. The predicted molar refractivity (Wildman–Crippen MR) is 122 cm³/mol. The van der Waals surface area contributed by atoms with E-state index in [0.29, 0.717) is 12.0 Å². The molecule has 0 unspecified atom stereocenters. The molecule has 2 rings (SSSR count). The van der Waals surface area contributed by atoms with E-state index in [1.54, 1.807) is 14.2 Å². The third kappa shape index (κ3) is 58.5. The van der Waals surface area contributed by atoms with Crippen molar-refractivity contribution in [2.24, 2.45) is 5.41 Å². The van der Waals surface area contributed by atoms with Crippen LogP contribution < -0.4 is 0 Å². The largest absolute Gasteiger partial charge is 0.394 e. The van der Waals surface area contributed by atoms with E-state index < -0.39 is 0 Å². The molecule has 0 amide bonds. The van der Waals surface area contributed by atoms with Crippen LogP contribution in [0.2, 0.25) is 0 Å². The van der Waals surface area contributed by atoms with Gasteiger partial charge in [0, 0.05) is 20.8 Å². The Morgan fingerprint density at radius 1 is 0.593 bits per heavy atom. The van der Waals surface area contributed by atoms with Crippen molar-refractivity contribution in [2.75, 3.05) is 34.0 Å². The van der Waals surface area contributed by atoms with Crippen molar-refractivity contribution < 1.29 is 14.6 Å². The van der Waals surface area contributed by atoms with Crippen molar-refractivity contribution in [1.82, 2.24) is 0 Å². The first-order chi connectivity index (χ1) is 12.8. The Hall–Kier alpha value is -0.120. The van der Waals surface area contributed by atoms with E-state index in [1.165, 1.54) is 77.0 Å². The number of ether oxygens (including phenoxy) is 2. The first kappa shape index (κ1) is 31.6. The third-order valence-corrected chi connectivity index (χ3v) is 3.70. The average Bonchev–Trinajstić information content (AvgIpc) is 2.66. The zero-order chi connectivity index (χ0) is 21.2. The SMILES string of the molecule is C1CCCCC1.C1CCCCC1.CC(C)(C)C.CCCOC.COCCO. The second-order valence-corrected chi connectivity index (χ2v) is 8.95. The molecule has 168 valence electrons. The molecular weight excluding hydrogens is 336 g/mol. The summed E-state index contributed by atoms with van der Waals surface area (Å²) in [4.78, 5) is 0. The van der Waals surface area contributed by atoms with E-state index in [-0.39, 0.29) is 6.61 Å². The molecule has 0 heterocycles. The summed E-state index contributed by atoms with van der Waals surface area (Å²) >= 11 is 0. The van der Waals surface area contributed by atoms with E-state index in [2.05, 4.69) is 39.4 Å². The van der Waals surface area contributed by atoms with Crippen LogP contribution in [0.1, 0.15) is 118 Å². The van der Waals surface area contributed by atoms with Gasteiger partial charge in [-0.25, -0.2) is 0 Å². The van der Waals surface area contributed by atoms with Crippen LogP contribution in [0, 0.1) is 5.41 Å². The molecule has 2 fully saturated rings. The number of rotatable bonds is 4. The Balaban J connectivity index is -0.000000268. The van der Waals surface area contributed by atoms with E-state index in [1.807, 2.05) is 0 Å². The van der Waals surface area contributed by atoms with Crippen molar-refractivity contribution in [3.8, 4) is 0 Å². The fraction of sp³-hybridized carbons (Fsp3) is 1.00. The molecule has 0 bridgehead atoms. The van der Waals surface area contributed by atoms with Gasteiger partial charge in [0.1, 0.15) is 0 Å². The second-order valence-electron chi connectivity index (χ2n) is 8.95. The number of hydrogen-bond acceptors (Lipinski definition) is 3. The lowest BCUT2D eigenvalue weighted by Crippen LogP contribution is -1.93. The molecule has 1 N–H and O–H groups in total. The maximum absolute atomic E-state index is 7.94. The molecule has 0 aliphatic heterocycles. The van der Waals surface area contributed by atoms with Gasteiger partial charge in [0.2, 0.25) is 0 Å². The lowest BCUT2D eigenvalue weighted by molar-refractivity contribution is 0.135. The normalized spacial score (nSPS) is 16.0. The van der Waals surface area contributed by atoms with Gasteiger partial charge in [-0.05, 0) is 11.8 Å². The molecule has 0 aromatic carbocycles. The molecule has 0 radical (unpaired) electrons. The van der Waals surface area contributed by atoms with Crippen LogP contribution in [0.25, 0.3) is 0 Å². The summed E-state index contributed by atoms with van der Waals surface area (Å²) in [7, 11) is 3.26. The summed E-state index contributed by atoms with van der Waals surface area (Å²) in [5, 5.41) is 7.94. The fourth-order valence-electron chi connectivity index (χ4n) is 2.42. The van der Waals surface area contributed by atoms with Crippen molar-refractivity contribution in [2.45, 2.75) is 118 Å². The van der Waals surface area contributed by atoms with Gasteiger partial charge in [-0.15, -0.1) is 0 Å². The number of aliphatic hydroxyl groups is 1. The maximum Gasteiger partial charge on any atom is 0.0693 e. The quantitative estimate of drug-likeness (QED) is 0.543. The van der Waals surface area contributed by atoms with Crippen LogP contribution in [0.5, 0.6) is 0 Å². The smallest absolute Gasteiger partial charge is 0.0693 e. The Labute approximate surface area is 172 Å². The van der Waals surface area contributed by atoms with Crippen molar-refractivity contribution >= 4 is 0 Å². The van der Waals surface area contributed by atoms with Crippen LogP contribution in [0.4, 0.5) is 0 Å². The highest BCUT2D eigenvalue weighted by Gasteiger charge is 1.96. The van der Waals surface area contributed by atoms with E-state index >= 15 is 0 Å². The Bertz CT molecular complexity index is 165. The topological polar surface area (TPSA) is 38.7 Å². The molecule has 2 aliphatic rings. The molecular formula is C24H54O3. The molecule has 3 nitrogen and oxygen atoms in total. The summed E-state index contributed by atoms with van der Waals surface area (Å²) in [5.74, 6) is 0. The lowest BCUT2D eigenvalue weighted by Gasteiger charge is -2.05. The molecule has 27 heavy (non-hydrogen) atoms. The third-order valence-electron chi connectivity index (χ3n) is 3.70. The first-order valence-electron chi connectivity index (χ1n) is 11.4. The highest BCUT2D eigenvalue weighted by atomic mass is 16.5. The van der Waals surface area contributed by atoms with E-state index in [0.717, 1.165) is 13.0 Å². The van der Waals surface area contributed by atoms with E-state index in [4.69, 9.17) is 9.84 Å². The minimum Gasteiger partial charge on any atom is -0.394 e. The van der Waals surface area contributed by atoms with Crippen molar-refractivity contribution in [3.63, 3.8) is 0 Å². The van der Waals surface area contributed by atoms with Gasteiger partial charge in [-0.2, -0.15) is 0 Å². The maximum atomic E-state index is 7.94. The average molecular weight is 391 g/mol. The molecule has 3 heteroatoms. The minimum atomic E-state index is 0.122. The van der Waals surface area contributed by atoms with Crippen molar-refractivity contribution in [3.05, 3.63) is 0 Å². The predicted octanol–water partition coefficient (Wildman–Crippen LogP) is 7.40. The zero-order valence-corrected chi connectivity index (χ0v) is 20.1. The van der Waals surface area contributed by atoms with Gasteiger partial charge in [-0.1, -0.05) is 112 Å². The lowest BCUT2D eigenvalue weighted by atomic mass is 10.0. The second kappa shape index (κ2) is 28.1. The van der Waals surface area contributed by atoms with Crippen molar-refractivity contribution in [1.29, 1.82) is 0 Å². The van der Waals surface area contributed by atoms with Gasteiger partial charge in [-0.3, -0.25) is 0 Å². The zero-order valence-electron chi connectivity index (χ0n) is 20.1. The molecule has 0 atom stereocenters. The molecule has 0 aromatic rings. The minimum absolute atomic E-state index is 0.122.